The van der Waals surface area contributed by atoms with Crippen molar-refractivity contribution in [1.82, 2.24) is 9.62 Å². The summed E-state index contributed by atoms with van der Waals surface area (Å²) >= 11 is 3.27. The third kappa shape index (κ3) is 4.64. The van der Waals surface area contributed by atoms with E-state index in [0.717, 1.165) is 12.1 Å². The fourth-order valence-electron chi connectivity index (χ4n) is 2.05. The highest BCUT2D eigenvalue weighted by Crippen LogP contribution is 2.21. The SMILES string of the molecule is CN(C)Cc1ccc(CNS(=O)(=O)c2ccccc2Br)cc1. The van der Waals surface area contributed by atoms with Gasteiger partial charge in [0.1, 0.15) is 0 Å². The van der Waals surface area contributed by atoms with Crippen LogP contribution >= 0.6 is 15.9 Å². The predicted molar refractivity (Wildman–Crippen MR) is 92.0 cm³/mol. The molecule has 0 saturated carbocycles. The van der Waals surface area contributed by atoms with Crippen molar-refractivity contribution in [3.8, 4) is 0 Å². The van der Waals surface area contributed by atoms with E-state index in [4.69, 9.17) is 0 Å². The van der Waals surface area contributed by atoms with Crippen LogP contribution < -0.4 is 4.72 Å². The van der Waals surface area contributed by atoms with Crippen molar-refractivity contribution >= 4 is 26.0 Å². The van der Waals surface area contributed by atoms with Crippen molar-refractivity contribution in [2.75, 3.05) is 14.1 Å². The summed E-state index contributed by atoms with van der Waals surface area (Å²) < 4.78 is 27.8. The molecule has 0 aromatic heterocycles. The largest absolute Gasteiger partial charge is 0.305 e. The summed E-state index contributed by atoms with van der Waals surface area (Å²) in [5, 5.41) is 0. The Labute approximate surface area is 140 Å². The Kier molecular flexibility index (Phi) is 5.74. The molecule has 1 N–H and O–H groups in total. The van der Waals surface area contributed by atoms with Crippen LogP contribution in [0.1, 0.15) is 11.1 Å². The van der Waals surface area contributed by atoms with Gasteiger partial charge in [0.25, 0.3) is 0 Å². The van der Waals surface area contributed by atoms with Gasteiger partial charge < -0.3 is 4.90 Å². The lowest BCUT2D eigenvalue weighted by molar-refractivity contribution is 0.402. The van der Waals surface area contributed by atoms with Gasteiger partial charge in [-0.3, -0.25) is 0 Å². The predicted octanol–water partition coefficient (Wildman–Crippen LogP) is 2.99. The summed E-state index contributed by atoms with van der Waals surface area (Å²) in [5.74, 6) is 0. The van der Waals surface area contributed by atoms with Crippen LogP contribution in [-0.2, 0) is 23.1 Å². The van der Waals surface area contributed by atoms with Crippen LogP contribution in [-0.4, -0.2) is 27.4 Å². The lowest BCUT2D eigenvalue weighted by atomic mass is 10.1. The van der Waals surface area contributed by atoms with E-state index in [1.165, 1.54) is 5.56 Å². The molecule has 0 aliphatic rings. The molecule has 4 nitrogen and oxygen atoms in total. The van der Waals surface area contributed by atoms with Gasteiger partial charge in [-0.15, -0.1) is 0 Å². The minimum absolute atomic E-state index is 0.249. The van der Waals surface area contributed by atoms with Gasteiger partial charge in [0.2, 0.25) is 10.0 Å². The molecule has 6 heteroatoms. The summed E-state index contributed by atoms with van der Waals surface area (Å²) in [6.45, 7) is 1.13. The highest BCUT2D eigenvalue weighted by molar-refractivity contribution is 9.10. The van der Waals surface area contributed by atoms with Gasteiger partial charge in [0.05, 0.1) is 4.90 Å². The molecule has 0 fully saturated rings. The van der Waals surface area contributed by atoms with Gasteiger partial charge in [-0.2, -0.15) is 0 Å². The average molecular weight is 383 g/mol. The molecule has 118 valence electrons. The molecule has 0 unspecified atom stereocenters. The zero-order chi connectivity index (χ0) is 16.2. The van der Waals surface area contributed by atoms with Gasteiger partial charge in [-0.05, 0) is 53.3 Å². The first kappa shape index (κ1) is 17.1. The van der Waals surface area contributed by atoms with Crippen molar-refractivity contribution in [3.63, 3.8) is 0 Å². The number of nitrogens with zero attached hydrogens (tertiary/aromatic N) is 1. The topological polar surface area (TPSA) is 49.4 Å². The van der Waals surface area contributed by atoms with Crippen LogP contribution in [0, 0.1) is 0 Å². The first-order valence-electron chi connectivity index (χ1n) is 6.85. The zero-order valence-corrected chi connectivity index (χ0v) is 15.0. The molecule has 22 heavy (non-hydrogen) atoms. The Morgan fingerprint density at radius 3 is 2.18 bits per heavy atom. The molecule has 0 amide bonds. The molecular formula is C16H19BrN2O2S. The van der Waals surface area contributed by atoms with Gasteiger partial charge in [-0.25, -0.2) is 13.1 Å². The van der Waals surface area contributed by atoms with Gasteiger partial charge in [0.15, 0.2) is 0 Å². The summed E-state index contributed by atoms with van der Waals surface area (Å²) in [6.07, 6.45) is 0. The van der Waals surface area contributed by atoms with Crippen molar-refractivity contribution in [2.45, 2.75) is 18.0 Å². The molecule has 0 saturated heterocycles. The minimum atomic E-state index is -3.52. The average Bonchev–Trinajstić information content (AvgIpc) is 2.46. The van der Waals surface area contributed by atoms with E-state index in [2.05, 4.69) is 25.6 Å². The highest BCUT2D eigenvalue weighted by Gasteiger charge is 2.16. The lowest BCUT2D eigenvalue weighted by Gasteiger charge is -2.11. The number of benzene rings is 2. The molecule has 2 aromatic rings. The van der Waals surface area contributed by atoms with Gasteiger partial charge in [0, 0.05) is 17.6 Å². The van der Waals surface area contributed by atoms with Crippen molar-refractivity contribution < 1.29 is 8.42 Å². The molecule has 0 atom stereocenters. The normalized spacial score (nSPS) is 11.8. The maximum absolute atomic E-state index is 12.3. The van der Waals surface area contributed by atoms with Crippen LogP contribution in [0.3, 0.4) is 0 Å². The molecule has 0 aliphatic heterocycles. The maximum Gasteiger partial charge on any atom is 0.241 e. The molecular weight excluding hydrogens is 364 g/mol. The summed E-state index contributed by atoms with van der Waals surface area (Å²) in [4.78, 5) is 2.34. The third-order valence-electron chi connectivity index (χ3n) is 3.11. The summed E-state index contributed by atoms with van der Waals surface area (Å²) in [6, 6.07) is 14.7. The fraction of sp³-hybridized carbons (Fsp3) is 0.250. The number of nitrogens with one attached hydrogen (secondary N) is 1. The number of hydrogen-bond donors (Lipinski definition) is 1. The van der Waals surface area contributed by atoms with Gasteiger partial charge >= 0.3 is 0 Å². The molecule has 0 heterocycles. The molecule has 0 bridgehead atoms. The van der Waals surface area contributed by atoms with E-state index < -0.39 is 10.0 Å². The zero-order valence-electron chi connectivity index (χ0n) is 12.6. The second-order valence-corrected chi connectivity index (χ2v) is 7.90. The Bertz CT molecular complexity index is 728. The van der Waals surface area contributed by atoms with Crippen LogP contribution in [0.2, 0.25) is 0 Å². The number of hydrogen-bond acceptors (Lipinski definition) is 3. The van der Waals surface area contributed by atoms with Gasteiger partial charge in [-0.1, -0.05) is 36.4 Å². The first-order valence-corrected chi connectivity index (χ1v) is 9.13. The number of halogens is 1. The van der Waals surface area contributed by atoms with Crippen LogP contribution in [0.4, 0.5) is 0 Å². The van der Waals surface area contributed by atoms with E-state index in [9.17, 15) is 8.42 Å². The Morgan fingerprint density at radius 2 is 1.59 bits per heavy atom. The molecule has 2 aromatic carbocycles. The first-order chi connectivity index (χ1) is 10.4. The second kappa shape index (κ2) is 7.37. The van der Waals surface area contributed by atoms with Crippen molar-refractivity contribution in [3.05, 3.63) is 64.1 Å². The van der Waals surface area contributed by atoms with E-state index in [-0.39, 0.29) is 11.4 Å². The van der Waals surface area contributed by atoms with E-state index in [0.29, 0.717) is 4.47 Å². The maximum atomic E-state index is 12.3. The minimum Gasteiger partial charge on any atom is -0.305 e. The third-order valence-corrected chi connectivity index (χ3v) is 5.53. The quantitative estimate of drug-likeness (QED) is 0.835. The smallest absolute Gasteiger partial charge is 0.241 e. The molecule has 2 rings (SSSR count). The fourth-order valence-corrected chi connectivity index (χ4v) is 4.07. The Balaban J connectivity index is 2.05. The molecule has 0 radical (unpaired) electrons. The van der Waals surface area contributed by atoms with Crippen molar-refractivity contribution in [2.24, 2.45) is 0 Å². The monoisotopic (exact) mass is 382 g/mol. The second-order valence-electron chi connectivity index (χ2n) is 5.31. The van der Waals surface area contributed by atoms with Crippen LogP contribution in [0.15, 0.2) is 57.9 Å². The summed E-state index contributed by atoms with van der Waals surface area (Å²) in [5.41, 5.74) is 2.13. The highest BCUT2D eigenvalue weighted by atomic mass is 79.9. The lowest BCUT2D eigenvalue weighted by Crippen LogP contribution is -2.23. The number of sulfonamides is 1. The van der Waals surface area contributed by atoms with E-state index in [1.54, 1.807) is 24.3 Å². The molecule has 0 aliphatic carbocycles. The summed E-state index contributed by atoms with van der Waals surface area (Å²) in [7, 11) is 0.504. The standard InChI is InChI=1S/C16H19BrN2O2S/c1-19(2)12-14-9-7-13(8-10-14)11-18-22(20,21)16-6-4-3-5-15(16)17/h3-10,18H,11-12H2,1-2H3. The number of rotatable bonds is 6. The van der Waals surface area contributed by atoms with Crippen molar-refractivity contribution in [1.29, 1.82) is 0 Å². The Morgan fingerprint density at radius 1 is 1.00 bits per heavy atom. The Hall–Kier alpha value is -1.21. The van der Waals surface area contributed by atoms with E-state index >= 15 is 0 Å². The van der Waals surface area contributed by atoms with E-state index in [1.807, 2.05) is 38.4 Å². The van der Waals surface area contributed by atoms with Crippen LogP contribution in [0.25, 0.3) is 0 Å². The van der Waals surface area contributed by atoms with Crippen LogP contribution in [0.5, 0.6) is 0 Å². The molecule has 0 spiro atoms.